The van der Waals surface area contributed by atoms with E-state index in [1.807, 2.05) is 18.8 Å². The number of aryl methyl sites for hydroxylation is 1. The van der Waals surface area contributed by atoms with Crippen molar-refractivity contribution in [1.82, 2.24) is 5.32 Å². The van der Waals surface area contributed by atoms with Crippen LogP contribution in [0.25, 0.3) is 0 Å². The lowest BCUT2D eigenvalue weighted by molar-refractivity contribution is 0.885. The van der Waals surface area contributed by atoms with Crippen LogP contribution in [0.5, 0.6) is 0 Å². The summed E-state index contributed by atoms with van der Waals surface area (Å²) < 4.78 is 0. The van der Waals surface area contributed by atoms with Gasteiger partial charge in [0, 0.05) is 18.1 Å². The Morgan fingerprint density at radius 2 is 2.13 bits per heavy atom. The highest BCUT2D eigenvalue weighted by atomic mass is 32.2. The molecule has 0 aliphatic carbocycles. The van der Waals surface area contributed by atoms with E-state index < -0.39 is 0 Å². The van der Waals surface area contributed by atoms with Gasteiger partial charge >= 0.3 is 0 Å². The van der Waals surface area contributed by atoms with Crippen molar-refractivity contribution >= 4 is 11.8 Å². The number of thioether (sulfide) groups is 1. The summed E-state index contributed by atoms with van der Waals surface area (Å²) in [6.07, 6.45) is 0. The number of likely N-dealkylation sites (N-methyl/N-ethyl adjacent to an activating group) is 1. The molecule has 1 nitrogen and oxygen atoms in total. The molecule has 0 aliphatic rings. The molecule has 82 valence electrons. The molecule has 0 bridgehead atoms. The van der Waals surface area contributed by atoms with E-state index >= 15 is 0 Å². The van der Waals surface area contributed by atoms with Crippen molar-refractivity contribution in [3.63, 3.8) is 0 Å². The summed E-state index contributed by atoms with van der Waals surface area (Å²) in [7, 11) is 1.96. The van der Waals surface area contributed by atoms with Gasteiger partial charge in [-0.25, -0.2) is 0 Å². The second kappa shape index (κ2) is 6.70. The second-order valence-electron chi connectivity index (χ2n) is 3.70. The minimum absolute atomic E-state index is 0.917. The van der Waals surface area contributed by atoms with Crippen molar-refractivity contribution in [1.29, 1.82) is 0 Å². The van der Waals surface area contributed by atoms with E-state index in [0.29, 0.717) is 0 Å². The SMILES string of the molecule is C=C(CNC)CSCc1ccccc1C. The van der Waals surface area contributed by atoms with Crippen LogP contribution in [0, 0.1) is 6.92 Å². The van der Waals surface area contributed by atoms with Gasteiger partial charge in [0.1, 0.15) is 0 Å². The summed E-state index contributed by atoms with van der Waals surface area (Å²) in [6, 6.07) is 8.55. The topological polar surface area (TPSA) is 12.0 Å². The van der Waals surface area contributed by atoms with Crippen LogP contribution in [-0.4, -0.2) is 19.3 Å². The van der Waals surface area contributed by atoms with Crippen LogP contribution in [0.15, 0.2) is 36.4 Å². The number of nitrogens with one attached hydrogen (secondary N) is 1. The Morgan fingerprint density at radius 3 is 2.80 bits per heavy atom. The lowest BCUT2D eigenvalue weighted by Gasteiger charge is -2.06. The molecular formula is C13H19NS. The summed E-state index contributed by atoms with van der Waals surface area (Å²) in [5.41, 5.74) is 4.07. The lowest BCUT2D eigenvalue weighted by Crippen LogP contribution is -2.10. The number of benzene rings is 1. The highest BCUT2D eigenvalue weighted by Crippen LogP contribution is 2.17. The fourth-order valence-corrected chi connectivity index (χ4v) is 2.41. The third-order valence-corrected chi connectivity index (χ3v) is 3.38. The zero-order valence-electron chi connectivity index (χ0n) is 9.55. The van der Waals surface area contributed by atoms with Crippen molar-refractivity contribution < 1.29 is 0 Å². The van der Waals surface area contributed by atoms with Crippen molar-refractivity contribution in [3.05, 3.63) is 47.5 Å². The van der Waals surface area contributed by atoms with Gasteiger partial charge in [-0.15, -0.1) is 0 Å². The Morgan fingerprint density at radius 1 is 1.40 bits per heavy atom. The van der Waals surface area contributed by atoms with Crippen molar-refractivity contribution in [2.45, 2.75) is 12.7 Å². The highest BCUT2D eigenvalue weighted by molar-refractivity contribution is 7.98. The molecule has 1 aromatic carbocycles. The van der Waals surface area contributed by atoms with Crippen LogP contribution in [0.3, 0.4) is 0 Å². The molecule has 0 aromatic heterocycles. The minimum Gasteiger partial charge on any atom is -0.316 e. The molecule has 0 amide bonds. The first-order valence-corrected chi connectivity index (χ1v) is 6.33. The molecular weight excluding hydrogens is 202 g/mol. The third-order valence-electron chi connectivity index (χ3n) is 2.25. The van der Waals surface area contributed by atoms with Crippen LogP contribution in [0.2, 0.25) is 0 Å². The maximum atomic E-state index is 4.01. The Kier molecular flexibility index (Phi) is 5.51. The van der Waals surface area contributed by atoms with Gasteiger partial charge in [0.05, 0.1) is 0 Å². The molecule has 0 saturated carbocycles. The molecule has 0 saturated heterocycles. The molecule has 1 aromatic rings. The first-order chi connectivity index (χ1) is 7.24. The van der Waals surface area contributed by atoms with E-state index in [9.17, 15) is 0 Å². The zero-order chi connectivity index (χ0) is 11.1. The van der Waals surface area contributed by atoms with Gasteiger partial charge in [-0.1, -0.05) is 36.4 Å². The predicted molar refractivity (Wildman–Crippen MR) is 70.4 cm³/mol. The molecule has 0 atom stereocenters. The van der Waals surface area contributed by atoms with Gasteiger partial charge in [0.15, 0.2) is 0 Å². The van der Waals surface area contributed by atoms with E-state index in [1.165, 1.54) is 16.7 Å². The standard InChI is InChI=1S/C13H19NS/c1-11(8-14-3)9-15-10-13-7-5-4-6-12(13)2/h4-7,14H,1,8-10H2,2-3H3. The lowest BCUT2D eigenvalue weighted by atomic mass is 10.1. The largest absolute Gasteiger partial charge is 0.316 e. The average molecular weight is 221 g/mol. The second-order valence-corrected chi connectivity index (χ2v) is 4.69. The maximum Gasteiger partial charge on any atom is 0.0190 e. The van der Waals surface area contributed by atoms with Gasteiger partial charge in [0.2, 0.25) is 0 Å². The third kappa shape index (κ3) is 4.54. The number of hydrogen-bond acceptors (Lipinski definition) is 2. The molecule has 0 radical (unpaired) electrons. The summed E-state index contributed by atoms with van der Waals surface area (Å²) in [6.45, 7) is 7.10. The Bertz CT molecular complexity index is 320. The fraction of sp³-hybridized carbons (Fsp3) is 0.385. The molecule has 0 aliphatic heterocycles. The molecule has 0 fully saturated rings. The van der Waals surface area contributed by atoms with Gasteiger partial charge in [-0.2, -0.15) is 11.8 Å². The quantitative estimate of drug-likeness (QED) is 0.741. The van der Waals surface area contributed by atoms with E-state index in [4.69, 9.17) is 0 Å². The maximum absolute atomic E-state index is 4.01. The smallest absolute Gasteiger partial charge is 0.0190 e. The molecule has 0 spiro atoms. The van der Waals surface area contributed by atoms with Crippen LogP contribution in [-0.2, 0) is 5.75 Å². The van der Waals surface area contributed by atoms with E-state index in [-0.39, 0.29) is 0 Å². The van der Waals surface area contributed by atoms with Crippen LogP contribution < -0.4 is 5.32 Å². The molecule has 0 unspecified atom stereocenters. The summed E-state index contributed by atoms with van der Waals surface area (Å²) >= 11 is 1.93. The number of rotatable bonds is 6. The molecule has 1 N–H and O–H groups in total. The Labute approximate surface area is 97.0 Å². The van der Waals surface area contributed by atoms with Gasteiger partial charge in [-0.05, 0) is 25.1 Å². The van der Waals surface area contributed by atoms with E-state index in [2.05, 4.69) is 43.1 Å². The van der Waals surface area contributed by atoms with Crippen molar-refractivity contribution in [2.75, 3.05) is 19.3 Å². The normalized spacial score (nSPS) is 10.3. The van der Waals surface area contributed by atoms with Gasteiger partial charge in [0.25, 0.3) is 0 Å². The molecule has 2 heteroatoms. The van der Waals surface area contributed by atoms with Crippen LogP contribution >= 0.6 is 11.8 Å². The first-order valence-electron chi connectivity index (χ1n) is 5.17. The first kappa shape index (κ1) is 12.3. The van der Waals surface area contributed by atoms with Crippen LogP contribution in [0.4, 0.5) is 0 Å². The summed E-state index contributed by atoms with van der Waals surface area (Å²) in [4.78, 5) is 0. The Balaban J connectivity index is 2.32. The minimum atomic E-state index is 0.917. The summed E-state index contributed by atoms with van der Waals surface area (Å²) in [5.74, 6) is 2.12. The molecule has 0 heterocycles. The van der Waals surface area contributed by atoms with Crippen molar-refractivity contribution in [2.24, 2.45) is 0 Å². The summed E-state index contributed by atoms with van der Waals surface area (Å²) in [5, 5.41) is 3.11. The highest BCUT2D eigenvalue weighted by Gasteiger charge is 1.98. The molecule has 15 heavy (non-hydrogen) atoms. The molecule has 1 rings (SSSR count). The van der Waals surface area contributed by atoms with E-state index in [1.54, 1.807) is 0 Å². The van der Waals surface area contributed by atoms with Gasteiger partial charge in [-0.3, -0.25) is 0 Å². The van der Waals surface area contributed by atoms with Gasteiger partial charge < -0.3 is 5.32 Å². The average Bonchev–Trinajstić information content (AvgIpc) is 2.21. The predicted octanol–water partition coefficient (Wildman–Crippen LogP) is 3.00. The monoisotopic (exact) mass is 221 g/mol. The Hall–Kier alpha value is -0.730. The zero-order valence-corrected chi connectivity index (χ0v) is 10.4. The number of hydrogen-bond donors (Lipinski definition) is 1. The van der Waals surface area contributed by atoms with Crippen molar-refractivity contribution in [3.8, 4) is 0 Å². The fourth-order valence-electron chi connectivity index (χ4n) is 1.38. The van der Waals surface area contributed by atoms with E-state index in [0.717, 1.165) is 18.1 Å². The van der Waals surface area contributed by atoms with Crippen LogP contribution in [0.1, 0.15) is 11.1 Å².